The number of thioether (sulfide) groups is 1. The van der Waals surface area contributed by atoms with Crippen LogP contribution in [-0.2, 0) is 4.79 Å². The number of hydrogen-bond acceptors (Lipinski definition) is 4. The molecule has 0 atom stereocenters. The maximum Gasteiger partial charge on any atom is 0.215 e. The van der Waals surface area contributed by atoms with E-state index in [0.29, 0.717) is 5.17 Å². The lowest BCUT2D eigenvalue weighted by molar-refractivity contribution is -0.113. The highest BCUT2D eigenvalue weighted by atomic mass is 32.2. The highest BCUT2D eigenvalue weighted by molar-refractivity contribution is 8.17. The third-order valence-electron chi connectivity index (χ3n) is 4.28. The fourth-order valence-electron chi connectivity index (χ4n) is 2.63. The molecule has 0 saturated carbocycles. The van der Waals surface area contributed by atoms with Gasteiger partial charge in [0.05, 0.1) is 5.69 Å². The Labute approximate surface area is 176 Å². The van der Waals surface area contributed by atoms with E-state index in [2.05, 4.69) is 36.2 Å². The predicted molar refractivity (Wildman–Crippen MR) is 122 cm³/mol. The van der Waals surface area contributed by atoms with Crippen LogP contribution in [0.2, 0.25) is 0 Å². The summed E-state index contributed by atoms with van der Waals surface area (Å²) in [7, 11) is 1.70. The first-order valence-electron chi connectivity index (χ1n) is 9.31. The van der Waals surface area contributed by atoms with Crippen LogP contribution >= 0.6 is 11.8 Å². The van der Waals surface area contributed by atoms with Crippen molar-refractivity contribution in [2.24, 2.45) is 4.99 Å². The molecule has 0 N–H and O–H groups in total. The van der Waals surface area contributed by atoms with Gasteiger partial charge in [-0.2, -0.15) is 0 Å². The minimum atomic E-state index is 0.600. The Balaban J connectivity index is 1.79. The summed E-state index contributed by atoms with van der Waals surface area (Å²) in [6, 6.07) is 20.0. The largest absolute Gasteiger partial charge is 0.457 e. The number of amides is 1. The summed E-state index contributed by atoms with van der Waals surface area (Å²) in [4.78, 5) is 18.4. The molecule has 0 fully saturated rings. The summed E-state index contributed by atoms with van der Waals surface area (Å²) < 4.78 is 5.97. The maximum absolute atomic E-state index is 11.3. The van der Waals surface area contributed by atoms with E-state index in [4.69, 9.17) is 4.42 Å². The first kappa shape index (κ1) is 20.7. The van der Waals surface area contributed by atoms with Gasteiger partial charge in [-0.3, -0.25) is 9.69 Å². The van der Waals surface area contributed by atoms with Crippen LogP contribution in [0.25, 0.3) is 17.4 Å². The summed E-state index contributed by atoms with van der Waals surface area (Å²) in [5.41, 5.74) is 4.23. The normalized spacial score (nSPS) is 12.1. The van der Waals surface area contributed by atoms with Gasteiger partial charge in [-0.1, -0.05) is 59.3 Å². The number of aryl methyl sites for hydroxylation is 2. The monoisotopic (exact) mass is 404 g/mol. The van der Waals surface area contributed by atoms with Gasteiger partial charge in [-0.05, 0) is 56.0 Å². The van der Waals surface area contributed by atoms with Crippen LogP contribution in [0.4, 0.5) is 5.69 Å². The standard InChI is InChI=1S/C24H24N2O2S/c1-17-5-9-20(10-6-17)23-14-13-22(28-23)15-19(3)29-24(26(4)16-27)25-21-11-7-18(2)8-12-21/h5-16H,1-4H3/b19-15-,25-24?. The molecular weight excluding hydrogens is 380 g/mol. The van der Waals surface area contributed by atoms with Crippen molar-refractivity contribution < 1.29 is 9.21 Å². The molecular formula is C24H24N2O2S. The summed E-state index contributed by atoms with van der Waals surface area (Å²) >= 11 is 1.42. The van der Waals surface area contributed by atoms with Gasteiger partial charge in [0, 0.05) is 12.6 Å². The van der Waals surface area contributed by atoms with Crippen LogP contribution in [0.15, 0.2) is 75.0 Å². The Morgan fingerprint density at radius 2 is 1.59 bits per heavy atom. The Hall–Kier alpha value is -3.05. The lowest BCUT2D eigenvalue weighted by atomic mass is 10.1. The lowest BCUT2D eigenvalue weighted by Crippen LogP contribution is -2.21. The van der Waals surface area contributed by atoms with E-state index in [-0.39, 0.29) is 0 Å². The molecule has 148 valence electrons. The average molecular weight is 405 g/mol. The minimum Gasteiger partial charge on any atom is -0.457 e. The summed E-state index contributed by atoms with van der Waals surface area (Å²) in [5.74, 6) is 1.58. The number of carbonyl (C=O) groups excluding carboxylic acids is 1. The number of hydrogen-bond donors (Lipinski definition) is 0. The van der Waals surface area contributed by atoms with Crippen LogP contribution in [0.5, 0.6) is 0 Å². The minimum absolute atomic E-state index is 0.600. The van der Waals surface area contributed by atoms with Crippen molar-refractivity contribution in [3.63, 3.8) is 0 Å². The van der Waals surface area contributed by atoms with E-state index in [1.54, 1.807) is 7.05 Å². The Bertz CT molecular complexity index is 1030. The third-order valence-corrected chi connectivity index (χ3v) is 5.28. The zero-order valence-electron chi connectivity index (χ0n) is 17.0. The molecule has 2 aromatic carbocycles. The zero-order valence-corrected chi connectivity index (χ0v) is 17.9. The lowest BCUT2D eigenvalue weighted by Gasteiger charge is -2.13. The molecule has 0 bridgehead atoms. The molecule has 0 aliphatic rings. The van der Waals surface area contributed by atoms with Crippen molar-refractivity contribution >= 4 is 35.1 Å². The van der Waals surface area contributed by atoms with Gasteiger partial charge in [0.25, 0.3) is 0 Å². The maximum atomic E-state index is 11.3. The number of benzene rings is 2. The second-order valence-corrected chi connectivity index (χ2v) is 8.08. The summed E-state index contributed by atoms with van der Waals surface area (Å²) in [6.07, 6.45) is 2.71. The van der Waals surface area contributed by atoms with Crippen LogP contribution in [0.3, 0.4) is 0 Å². The van der Waals surface area contributed by atoms with E-state index < -0.39 is 0 Å². The Morgan fingerprint density at radius 3 is 2.21 bits per heavy atom. The van der Waals surface area contributed by atoms with Gasteiger partial charge in [0.2, 0.25) is 6.41 Å². The van der Waals surface area contributed by atoms with Gasteiger partial charge in [0.15, 0.2) is 5.17 Å². The molecule has 0 radical (unpaired) electrons. The van der Waals surface area contributed by atoms with Crippen LogP contribution in [0.1, 0.15) is 23.8 Å². The summed E-state index contributed by atoms with van der Waals surface area (Å²) in [5, 5.41) is 0.600. The van der Waals surface area contributed by atoms with Crippen molar-refractivity contribution in [1.29, 1.82) is 0 Å². The molecule has 0 aliphatic carbocycles. The van der Waals surface area contributed by atoms with E-state index in [1.165, 1.54) is 27.8 Å². The number of aliphatic imine (C=N–C) groups is 1. The zero-order chi connectivity index (χ0) is 20.8. The highest BCUT2D eigenvalue weighted by Crippen LogP contribution is 2.27. The summed E-state index contributed by atoms with van der Waals surface area (Å²) in [6.45, 7) is 6.07. The fraction of sp³-hybridized carbons (Fsp3) is 0.167. The van der Waals surface area contributed by atoms with Gasteiger partial charge < -0.3 is 4.42 Å². The number of furan rings is 1. The smallest absolute Gasteiger partial charge is 0.215 e. The van der Waals surface area contributed by atoms with Crippen molar-refractivity contribution in [3.8, 4) is 11.3 Å². The predicted octanol–water partition coefficient (Wildman–Crippen LogP) is 6.43. The second kappa shape index (κ2) is 9.43. The molecule has 3 aromatic rings. The van der Waals surface area contributed by atoms with E-state index in [9.17, 15) is 4.79 Å². The fourth-order valence-corrected chi connectivity index (χ4v) is 3.43. The van der Waals surface area contributed by atoms with Crippen molar-refractivity contribution in [2.45, 2.75) is 20.8 Å². The van der Waals surface area contributed by atoms with Gasteiger partial charge in [-0.15, -0.1) is 0 Å². The quantitative estimate of drug-likeness (QED) is 0.279. The second-order valence-electron chi connectivity index (χ2n) is 6.87. The molecule has 1 aromatic heterocycles. The van der Waals surface area contributed by atoms with E-state index >= 15 is 0 Å². The van der Waals surface area contributed by atoms with Crippen molar-refractivity contribution in [3.05, 3.63) is 82.5 Å². The van der Waals surface area contributed by atoms with E-state index in [1.807, 2.05) is 56.3 Å². The molecule has 5 heteroatoms. The number of rotatable bonds is 5. The highest BCUT2D eigenvalue weighted by Gasteiger charge is 2.10. The SMILES string of the molecule is C/C(=C/c1ccc(-c2ccc(C)cc2)o1)SC(=Nc1ccc(C)cc1)N(C)C=O. The average Bonchev–Trinajstić information content (AvgIpc) is 3.17. The Morgan fingerprint density at radius 1 is 0.966 bits per heavy atom. The van der Waals surface area contributed by atoms with Gasteiger partial charge in [-0.25, -0.2) is 4.99 Å². The molecule has 1 amide bonds. The topological polar surface area (TPSA) is 45.8 Å². The van der Waals surface area contributed by atoms with Crippen LogP contribution in [-0.4, -0.2) is 23.5 Å². The molecule has 3 rings (SSSR count). The van der Waals surface area contributed by atoms with Crippen LogP contribution < -0.4 is 0 Å². The first-order chi connectivity index (χ1) is 13.9. The molecule has 4 nitrogen and oxygen atoms in total. The molecule has 1 heterocycles. The number of allylic oxidation sites excluding steroid dienone is 1. The van der Waals surface area contributed by atoms with Gasteiger partial charge >= 0.3 is 0 Å². The van der Waals surface area contributed by atoms with Gasteiger partial charge in [0.1, 0.15) is 11.5 Å². The molecule has 29 heavy (non-hydrogen) atoms. The molecule has 0 unspecified atom stereocenters. The third kappa shape index (κ3) is 5.72. The Kier molecular flexibility index (Phi) is 6.73. The van der Waals surface area contributed by atoms with Crippen molar-refractivity contribution in [2.75, 3.05) is 7.05 Å². The van der Waals surface area contributed by atoms with E-state index in [0.717, 1.165) is 34.1 Å². The first-order valence-corrected chi connectivity index (χ1v) is 10.1. The van der Waals surface area contributed by atoms with Crippen molar-refractivity contribution in [1.82, 2.24) is 4.90 Å². The van der Waals surface area contributed by atoms with Crippen LogP contribution in [0, 0.1) is 13.8 Å². The molecule has 0 spiro atoms. The molecule has 0 aliphatic heterocycles. The molecule has 0 saturated heterocycles. The number of carbonyl (C=O) groups is 1. The number of nitrogens with zero attached hydrogens (tertiary/aromatic N) is 2. The number of amidine groups is 1.